The maximum absolute atomic E-state index is 5.49. The molecule has 1 atom stereocenters. The molecule has 2 aromatic carbocycles. The van der Waals surface area contributed by atoms with Crippen LogP contribution in [0.1, 0.15) is 22.7 Å². The molecule has 1 aliphatic heterocycles. The van der Waals surface area contributed by atoms with Crippen LogP contribution in [-0.4, -0.2) is 35.0 Å². The first-order chi connectivity index (χ1) is 12.1. The van der Waals surface area contributed by atoms with E-state index in [1.54, 1.807) is 28.4 Å². The van der Waals surface area contributed by atoms with Gasteiger partial charge < -0.3 is 24.3 Å². The summed E-state index contributed by atoms with van der Waals surface area (Å²) in [6.45, 7) is 0.883. The molecule has 1 N–H and O–H groups in total. The van der Waals surface area contributed by atoms with Crippen molar-refractivity contribution in [3.05, 3.63) is 45.4 Å². The minimum atomic E-state index is 0.0257. The number of ether oxygens (including phenoxy) is 4. The lowest BCUT2D eigenvalue weighted by Gasteiger charge is -2.29. The first-order valence-corrected chi connectivity index (χ1v) is 8.81. The molecule has 0 saturated heterocycles. The van der Waals surface area contributed by atoms with Crippen LogP contribution in [0, 0.1) is 0 Å². The summed E-state index contributed by atoms with van der Waals surface area (Å²) in [5.41, 5.74) is 3.52. The summed E-state index contributed by atoms with van der Waals surface area (Å²) in [5.74, 6) is 2.89. The average Bonchev–Trinajstić information content (AvgIpc) is 2.66. The van der Waals surface area contributed by atoms with Gasteiger partial charge in [-0.25, -0.2) is 0 Å². The van der Waals surface area contributed by atoms with Crippen LogP contribution in [0.15, 0.2) is 28.7 Å². The van der Waals surface area contributed by atoms with Crippen molar-refractivity contribution in [2.45, 2.75) is 12.5 Å². The summed E-state index contributed by atoms with van der Waals surface area (Å²) >= 11 is 3.67. The molecule has 0 fully saturated rings. The van der Waals surface area contributed by atoms with E-state index in [1.807, 2.05) is 18.2 Å². The van der Waals surface area contributed by atoms with Crippen molar-refractivity contribution in [1.29, 1.82) is 0 Å². The maximum Gasteiger partial charge on any atom is 0.161 e. The lowest BCUT2D eigenvalue weighted by atomic mass is 9.89. The number of fused-ring (bicyclic) bond motifs is 1. The van der Waals surface area contributed by atoms with E-state index >= 15 is 0 Å². The van der Waals surface area contributed by atoms with Gasteiger partial charge in [0.2, 0.25) is 0 Å². The molecule has 0 radical (unpaired) electrons. The molecule has 0 amide bonds. The minimum Gasteiger partial charge on any atom is -0.493 e. The van der Waals surface area contributed by atoms with E-state index in [2.05, 4.69) is 27.3 Å². The number of nitrogens with one attached hydrogen (secondary N) is 1. The lowest BCUT2D eigenvalue weighted by molar-refractivity contribution is 0.351. The van der Waals surface area contributed by atoms with E-state index in [4.69, 9.17) is 18.9 Å². The number of halogens is 1. The molecule has 0 aliphatic carbocycles. The van der Waals surface area contributed by atoms with Crippen LogP contribution in [0.2, 0.25) is 0 Å². The van der Waals surface area contributed by atoms with E-state index in [9.17, 15) is 0 Å². The molecule has 25 heavy (non-hydrogen) atoms. The van der Waals surface area contributed by atoms with Gasteiger partial charge >= 0.3 is 0 Å². The van der Waals surface area contributed by atoms with Crippen LogP contribution in [0.5, 0.6) is 23.0 Å². The number of hydrogen-bond acceptors (Lipinski definition) is 5. The van der Waals surface area contributed by atoms with Crippen molar-refractivity contribution in [2.24, 2.45) is 0 Å². The maximum atomic E-state index is 5.49. The van der Waals surface area contributed by atoms with Crippen molar-refractivity contribution < 1.29 is 18.9 Å². The molecule has 0 saturated carbocycles. The molecule has 1 heterocycles. The van der Waals surface area contributed by atoms with Gasteiger partial charge in [0, 0.05) is 11.0 Å². The number of hydrogen-bond donors (Lipinski definition) is 1. The largest absolute Gasteiger partial charge is 0.493 e. The molecule has 0 spiro atoms. The number of rotatable bonds is 5. The van der Waals surface area contributed by atoms with E-state index in [-0.39, 0.29) is 6.04 Å². The molecular weight excluding hydrogens is 386 g/mol. The Hall–Kier alpha value is -1.92. The van der Waals surface area contributed by atoms with Crippen molar-refractivity contribution in [3.63, 3.8) is 0 Å². The number of methoxy groups -OCH3 is 4. The second kappa shape index (κ2) is 7.54. The first kappa shape index (κ1) is 17.9. The monoisotopic (exact) mass is 407 g/mol. The SMILES string of the molecule is COc1cc(Br)c([C@H]2NCCc3cc(OC)c(OC)cc32)cc1OC. The molecular formula is C19H22BrNO4. The van der Waals surface area contributed by atoms with Crippen LogP contribution < -0.4 is 24.3 Å². The van der Waals surface area contributed by atoms with Crippen LogP contribution in [-0.2, 0) is 6.42 Å². The lowest BCUT2D eigenvalue weighted by Crippen LogP contribution is -2.31. The third-order valence-corrected chi connectivity index (χ3v) is 5.20. The summed E-state index contributed by atoms with van der Waals surface area (Å²) in [6.07, 6.45) is 0.942. The van der Waals surface area contributed by atoms with Gasteiger partial charge in [-0.05, 0) is 47.4 Å². The Labute approximate surface area is 156 Å². The Morgan fingerprint density at radius 2 is 1.32 bits per heavy atom. The molecule has 134 valence electrons. The Morgan fingerprint density at radius 1 is 0.800 bits per heavy atom. The molecule has 0 bridgehead atoms. The van der Waals surface area contributed by atoms with Crippen molar-refractivity contribution in [3.8, 4) is 23.0 Å². The average molecular weight is 408 g/mol. The number of benzene rings is 2. The predicted molar refractivity (Wildman–Crippen MR) is 100 cm³/mol. The summed E-state index contributed by atoms with van der Waals surface area (Å²) in [5, 5.41) is 3.59. The highest BCUT2D eigenvalue weighted by molar-refractivity contribution is 9.10. The van der Waals surface area contributed by atoms with Crippen LogP contribution >= 0.6 is 15.9 Å². The molecule has 5 nitrogen and oxygen atoms in total. The van der Waals surface area contributed by atoms with Gasteiger partial charge in [-0.15, -0.1) is 0 Å². The van der Waals surface area contributed by atoms with Gasteiger partial charge in [-0.1, -0.05) is 15.9 Å². The highest BCUT2D eigenvalue weighted by Gasteiger charge is 2.26. The minimum absolute atomic E-state index is 0.0257. The summed E-state index contributed by atoms with van der Waals surface area (Å²) in [6, 6.07) is 8.08. The van der Waals surface area contributed by atoms with Crippen LogP contribution in [0.3, 0.4) is 0 Å². The summed E-state index contributed by atoms with van der Waals surface area (Å²) < 4.78 is 22.8. The Kier molecular flexibility index (Phi) is 5.39. The van der Waals surface area contributed by atoms with Gasteiger partial charge in [-0.3, -0.25) is 0 Å². The van der Waals surface area contributed by atoms with Gasteiger partial charge in [0.25, 0.3) is 0 Å². The quantitative estimate of drug-likeness (QED) is 0.818. The molecule has 0 aromatic heterocycles. The molecule has 2 aromatic rings. The van der Waals surface area contributed by atoms with Crippen molar-refractivity contribution >= 4 is 15.9 Å². The van der Waals surface area contributed by atoms with E-state index < -0.39 is 0 Å². The third kappa shape index (κ3) is 3.28. The first-order valence-electron chi connectivity index (χ1n) is 8.02. The summed E-state index contributed by atoms with van der Waals surface area (Å²) in [7, 11) is 6.59. The van der Waals surface area contributed by atoms with Gasteiger partial charge in [0.1, 0.15) is 0 Å². The highest BCUT2D eigenvalue weighted by atomic mass is 79.9. The molecule has 0 unspecified atom stereocenters. The normalized spacial score (nSPS) is 16.1. The fourth-order valence-electron chi connectivity index (χ4n) is 3.25. The zero-order valence-corrected chi connectivity index (χ0v) is 16.4. The molecule has 3 rings (SSSR count). The zero-order valence-electron chi connectivity index (χ0n) is 14.8. The van der Waals surface area contributed by atoms with Crippen LogP contribution in [0.4, 0.5) is 0 Å². The predicted octanol–water partition coefficient (Wildman–Crippen LogP) is 3.72. The van der Waals surface area contributed by atoms with Crippen molar-refractivity contribution in [1.82, 2.24) is 5.32 Å². The zero-order chi connectivity index (χ0) is 18.0. The molecule has 1 aliphatic rings. The Bertz CT molecular complexity index is 779. The fourth-order valence-corrected chi connectivity index (χ4v) is 3.80. The standard InChI is InChI=1S/C19H22BrNO4/c1-22-15-7-11-5-6-21-19(12(11)8-16(15)23-2)13-9-17(24-3)18(25-4)10-14(13)20/h7-10,19,21H,5-6H2,1-4H3/t19-/m0/s1. The van der Waals surface area contributed by atoms with Crippen LogP contribution in [0.25, 0.3) is 0 Å². The third-order valence-electron chi connectivity index (χ3n) is 4.51. The van der Waals surface area contributed by atoms with Gasteiger partial charge in [0.15, 0.2) is 23.0 Å². The van der Waals surface area contributed by atoms with E-state index in [1.165, 1.54) is 11.1 Å². The van der Waals surface area contributed by atoms with Gasteiger partial charge in [0.05, 0.1) is 34.5 Å². The topological polar surface area (TPSA) is 49.0 Å². The highest BCUT2D eigenvalue weighted by Crippen LogP contribution is 2.42. The smallest absolute Gasteiger partial charge is 0.161 e. The second-order valence-corrected chi connectivity index (χ2v) is 6.63. The van der Waals surface area contributed by atoms with E-state index in [0.717, 1.165) is 34.5 Å². The Morgan fingerprint density at radius 3 is 1.92 bits per heavy atom. The second-order valence-electron chi connectivity index (χ2n) is 5.77. The van der Waals surface area contributed by atoms with Crippen molar-refractivity contribution in [2.75, 3.05) is 35.0 Å². The fraction of sp³-hybridized carbons (Fsp3) is 0.368. The van der Waals surface area contributed by atoms with Gasteiger partial charge in [-0.2, -0.15) is 0 Å². The summed E-state index contributed by atoms with van der Waals surface area (Å²) in [4.78, 5) is 0. The van der Waals surface area contributed by atoms with E-state index in [0.29, 0.717) is 11.5 Å². The Balaban J connectivity index is 2.12. The molecule has 6 heteroatoms.